The highest BCUT2D eigenvalue weighted by Gasteiger charge is 2.21. The molecule has 0 amide bonds. The van der Waals surface area contributed by atoms with Crippen molar-refractivity contribution in [3.05, 3.63) is 36.3 Å². The molecule has 8 heteroatoms. The van der Waals surface area contributed by atoms with Crippen LogP contribution in [0.5, 0.6) is 0 Å². The fraction of sp³-hybridized carbons (Fsp3) is 0.520. The number of pyridine rings is 2. The number of rotatable bonds is 7. The van der Waals surface area contributed by atoms with Crippen LogP contribution in [-0.2, 0) is 22.1 Å². The van der Waals surface area contributed by atoms with Gasteiger partial charge < -0.3 is 15.0 Å². The van der Waals surface area contributed by atoms with Gasteiger partial charge in [0.25, 0.3) is 0 Å². The molecule has 0 spiro atoms. The molecule has 1 atom stereocenters. The largest absolute Gasteiger partial charge is 0.381 e. The van der Waals surface area contributed by atoms with Crippen molar-refractivity contribution in [3.63, 3.8) is 0 Å². The maximum absolute atomic E-state index is 12.9. The van der Waals surface area contributed by atoms with E-state index in [1.54, 1.807) is 6.20 Å². The number of morpholine rings is 1. The third-order valence-corrected chi connectivity index (χ3v) is 8.08. The number of aromatic nitrogens is 3. The molecular formula is C25H33N5O2S. The summed E-state index contributed by atoms with van der Waals surface area (Å²) in [5.74, 6) is 0. The summed E-state index contributed by atoms with van der Waals surface area (Å²) in [7, 11) is -1.21. The van der Waals surface area contributed by atoms with E-state index in [2.05, 4.69) is 23.3 Å². The normalized spacial score (nSPS) is 19.1. The van der Waals surface area contributed by atoms with Crippen LogP contribution in [0.4, 0.5) is 5.69 Å². The van der Waals surface area contributed by atoms with Crippen LogP contribution in [-0.4, -0.2) is 55.8 Å². The topological polar surface area (TPSA) is 83.1 Å². The number of aryl methyl sites for hydroxylation is 1. The van der Waals surface area contributed by atoms with Crippen LogP contribution in [0.3, 0.4) is 0 Å². The van der Waals surface area contributed by atoms with Crippen molar-refractivity contribution < 1.29 is 8.95 Å². The highest BCUT2D eigenvalue weighted by Crippen LogP contribution is 2.35. The third-order valence-electron chi connectivity index (χ3n) is 6.61. The van der Waals surface area contributed by atoms with Crippen molar-refractivity contribution in [1.82, 2.24) is 19.3 Å². The number of hydrogen-bond acceptors (Lipinski definition) is 5. The molecule has 0 bridgehead atoms. The summed E-state index contributed by atoms with van der Waals surface area (Å²) in [6, 6.07) is 6.62. The van der Waals surface area contributed by atoms with Crippen LogP contribution in [0.15, 0.2) is 35.5 Å². The molecule has 5 rings (SSSR count). The van der Waals surface area contributed by atoms with Gasteiger partial charge in [-0.2, -0.15) is 0 Å². The van der Waals surface area contributed by atoms with Crippen LogP contribution in [0.25, 0.3) is 22.3 Å². The number of ether oxygens (including phenoxy) is 1. The molecule has 176 valence electrons. The van der Waals surface area contributed by atoms with E-state index in [0.717, 1.165) is 45.7 Å². The Hall–Kier alpha value is -2.29. The highest BCUT2D eigenvalue weighted by atomic mass is 32.2. The lowest BCUT2D eigenvalue weighted by molar-refractivity contribution is 0.0752. The molecule has 0 aromatic carbocycles. The van der Waals surface area contributed by atoms with Crippen molar-refractivity contribution in [1.29, 1.82) is 0 Å². The van der Waals surface area contributed by atoms with Crippen molar-refractivity contribution in [2.75, 3.05) is 31.6 Å². The predicted molar refractivity (Wildman–Crippen MR) is 133 cm³/mol. The second kappa shape index (κ2) is 10.3. The molecule has 2 aliphatic rings. The first kappa shape index (κ1) is 22.5. The zero-order valence-corrected chi connectivity index (χ0v) is 20.1. The summed E-state index contributed by atoms with van der Waals surface area (Å²) in [6.45, 7) is 4.79. The summed E-state index contributed by atoms with van der Waals surface area (Å²) in [6.07, 6.45) is 12.0. The monoisotopic (exact) mass is 467 g/mol. The minimum Gasteiger partial charge on any atom is -0.381 e. The summed E-state index contributed by atoms with van der Waals surface area (Å²) in [5, 5.41) is 4.98. The summed E-state index contributed by atoms with van der Waals surface area (Å²) >= 11 is 0. The van der Waals surface area contributed by atoms with Gasteiger partial charge >= 0.3 is 0 Å². The standard InChI is InChI=1S/C25H33N5O2S/c1-2-6-19-15-21-24(28-18-7-4-3-5-8-18)22(17-27-25(21)29-19)23-10-9-20(16-26-23)33(31)30-11-13-32-14-12-30/h9-10,15-18H,2-8,11-14H2,1H3,(H2,27,28,29). The van der Waals surface area contributed by atoms with E-state index >= 15 is 0 Å². The van der Waals surface area contributed by atoms with Crippen molar-refractivity contribution in [3.8, 4) is 11.3 Å². The molecule has 2 N–H and O–H groups in total. The Morgan fingerprint density at radius 1 is 1.15 bits per heavy atom. The van der Waals surface area contributed by atoms with Gasteiger partial charge in [0, 0.05) is 48.2 Å². The average Bonchev–Trinajstić information content (AvgIpc) is 3.29. The fourth-order valence-corrected chi connectivity index (χ4v) is 5.94. The number of nitrogens with zero attached hydrogens (tertiary/aromatic N) is 3. The summed E-state index contributed by atoms with van der Waals surface area (Å²) in [4.78, 5) is 13.7. The van der Waals surface area contributed by atoms with Gasteiger partial charge in [-0.05, 0) is 37.5 Å². The minimum absolute atomic E-state index is 0.473. The van der Waals surface area contributed by atoms with Gasteiger partial charge in [0.1, 0.15) is 16.6 Å². The highest BCUT2D eigenvalue weighted by molar-refractivity contribution is 7.82. The van der Waals surface area contributed by atoms with E-state index in [1.807, 2.05) is 22.6 Å². The van der Waals surface area contributed by atoms with Crippen LogP contribution >= 0.6 is 0 Å². The molecule has 1 aliphatic carbocycles. The first-order chi connectivity index (χ1) is 16.2. The van der Waals surface area contributed by atoms with Crippen molar-refractivity contribution in [2.45, 2.75) is 62.8 Å². The molecule has 2 fully saturated rings. The maximum atomic E-state index is 12.9. The second-order valence-corrected chi connectivity index (χ2v) is 10.5. The lowest BCUT2D eigenvalue weighted by Gasteiger charge is -2.26. The van der Waals surface area contributed by atoms with E-state index in [9.17, 15) is 4.21 Å². The molecule has 3 aromatic heterocycles. The second-order valence-electron chi connectivity index (χ2n) is 9.00. The molecule has 1 unspecified atom stereocenters. The van der Waals surface area contributed by atoms with E-state index < -0.39 is 11.0 Å². The Morgan fingerprint density at radius 2 is 1.97 bits per heavy atom. The van der Waals surface area contributed by atoms with E-state index in [4.69, 9.17) is 14.7 Å². The van der Waals surface area contributed by atoms with Gasteiger partial charge in [-0.15, -0.1) is 0 Å². The lowest BCUT2D eigenvalue weighted by atomic mass is 9.94. The summed E-state index contributed by atoms with van der Waals surface area (Å²) in [5.41, 5.74) is 5.10. The summed E-state index contributed by atoms with van der Waals surface area (Å²) < 4.78 is 20.3. The van der Waals surface area contributed by atoms with Crippen LogP contribution in [0, 0.1) is 0 Å². The fourth-order valence-electron chi connectivity index (χ4n) is 4.84. The third kappa shape index (κ3) is 4.98. The van der Waals surface area contributed by atoms with Crippen LogP contribution in [0.2, 0.25) is 0 Å². The molecule has 1 saturated carbocycles. The molecule has 33 heavy (non-hydrogen) atoms. The Balaban J connectivity index is 1.48. The average molecular weight is 468 g/mol. The molecule has 1 aliphatic heterocycles. The van der Waals surface area contributed by atoms with Gasteiger partial charge in [-0.25, -0.2) is 13.5 Å². The smallest absolute Gasteiger partial charge is 0.139 e. The maximum Gasteiger partial charge on any atom is 0.139 e. The molecule has 1 saturated heterocycles. The Kier molecular flexibility index (Phi) is 7.04. The minimum atomic E-state index is -1.21. The molecular weight excluding hydrogens is 434 g/mol. The van der Waals surface area contributed by atoms with Crippen molar-refractivity contribution in [2.24, 2.45) is 0 Å². The number of H-pyrrole nitrogens is 1. The molecule has 3 aromatic rings. The van der Waals surface area contributed by atoms with Gasteiger partial charge in [-0.3, -0.25) is 4.98 Å². The quantitative estimate of drug-likeness (QED) is 0.527. The Morgan fingerprint density at radius 3 is 2.70 bits per heavy atom. The van der Waals surface area contributed by atoms with Crippen LogP contribution < -0.4 is 5.32 Å². The zero-order chi connectivity index (χ0) is 22.6. The molecule has 4 heterocycles. The van der Waals surface area contributed by atoms with Gasteiger partial charge in [0.2, 0.25) is 0 Å². The van der Waals surface area contributed by atoms with Gasteiger partial charge in [0.15, 0.2) is 0 Å². The number of aromatic amines is 1. The number of nitrogens with one attached hydrogen (secondary N) is 2. The van der Waals surface area contributed by atoms with E-state index in [1.165, 1.54) is 37.8 Å². The molecule has 7 nitrogen and oxygen atoms in total. The van der Waals surface area contributed by atoms with Gasteiger partial charge in [0.05, 0.1) is 29.5 Å². The van der Waals surface area contributed by atoms with E-state index in [0.29, 0.717) is 32.3 Å². The van der Waals surface area contributed by atoms with Crippen molar-refractivity contribution >= 4 is 27.7 Å². The van der Waals surface area contributed by atoms with Crippen LogP contribution in [0.1, 0.15) is 51.1 Å². The zero-order valence-electron chi connectivity index (χ0n) is 19.3. The number of fused-ring (bicyclic) bond motifs is 1. The lowest BCUT2D eigenvalue weighted by Crippen LogP contribution is -2.37. The first-order valence-corrected chi connectivity index (χ1v) is 13.3. The number of anilines is 1. The molecule has 0 radical (unpaired) electrons. The predicted octanol–water partition coefficient (Wildman–Crippen LogP) is 4.68. The van der Waals surface area contributed by atoms with E-state index in [-0.39, 0.29) is 0 Å². The number of hydrogen-bond donors (Lipinski definition) is 2. The first-order valence-electron chi connectivity index (χ1n) is 12.2. The SMILES string of the molecule is CCCc1cc2c(NC3CCCCC3)c(-c3ccc(S(=O)N4CCOCC4)cn3)cnc2[nH]1. The Bertz CT molecular complexity index is 1100. The van der Waals surface area contributed by atoms with Gasteiger partial charge in [-0.1, -0.05) is 32.6 Å². The Labute approximate surface area is 197 Å².